The summed E-state index contributed by atoms with van der Waals surface area (Å²) >= 11 is 0. The van der Waals surface area contributed by atoms with Crippen LogP contribution in [0.25, 0.3) is 0 Å². The van der Waals surface area contributed by atoms with E-state index in [0.717, 1.165) is 0 Å². The van der Waals surface area contributed by atoms with E-state index < -0.39 is 5.91 Å². The Morgan fingerprint density at radius 2 is 1.12 bits per heavy atom. The van der Waals surface area contributed by atoms with E-state index in [1.165, 1.54) is 57.4 Å². The molecule has 0 aromatic carbocycles. The van der Waals surface area contributed by atoms with Crippen LogP contribution in [0.3, 0.4) is 0 Å². The molecule has 24 heavy (non-hydrogen) atoms. The minimum absolute atomic E-state index is 0.686. The summed E-state index contributed by atoms with van der Waals surface area (Å²) in [5.74, 6) is -0.686. The Bertz CT molecular complexity index is 464. The lowest BCUT2D eigenvalue weighted by Crippen LogP contribution is -1.88. The number of allylic oxidation sites excluding steroid dienone is 11. The number of unbranched alkanes of at least 4 members (excludes halogenated alkanes) is 7. The highest BCUT2D eigenvalue weighted by Gasteiger charge is 1.88. The third kappa shape index (κ3) is 19.9. The van der Waals surface area contributed by atoms with Crippen LogP contribution in [-0.2, 0) is 4.79 Å². The lowest BCUT2D eigenvalue weighted by Gasteiger charge is -1.98. The second kappa shape index (κ2) is 19.0. The van der Waals surface area contributed by atoms with Crippen LogP contribution >= 0.6 is 0 Å². The predicted octanol–water partition coefficient (Wildman–Crippen LogP) is 6.27. The zero-order valence-corrected chi connectivity index (χ0v) is 15.0. The number of amides is 1. The molecule has 1 radical (unpaired) electrons. The van der Waals surface area contributed by atoms with Crippen molar-refractivity contribution in [2.45, 2.75) is 58.3 Å². The fourth-order valence-electron chi connectivity index (χ4n) is 2.05. The van der Waals surface area contributed by atoms with E-state index >= 15 is 0 Å². The SMILES string of the molecule is CCCCCCCCCC=CC=CC=CC=CC=CC=CC([NH])=O. The molecular weight excluding hydrogens is 294 g/mol. The van der Waals surface area contributed by atoms with E-state index in [1.54, 1.807) is 12.2 Å². The Balaban J connectivity index is 3.57. The van der Waals surface area contributed by atoms with Crippen LogP contribution in [-0.4, -0.2) is 5.91 Å². The lowest BCUT2D eigenvalue weighted by molar-refractivity contribution is -0.114. The number of rotatable bonds is 14. The summed E-state index contributed by atoms with van der Waals surface area (Å²) in [7, 11) is 0. The lowest BCUT2D eigenvalue weighted by atomic mass is 10.1. The predicted molar refractivity (Wildman–Crippen MR) is 106 cm³/mol. The normalized spacial score (nSPS) is 13.0. The summed E-state index contributed by atoms with van der Waals surface area (Å²) in [5, 5.41) is 0. The van der Waals surface area contributed by atoms with Crippen molar-refractivity contribution in [2.24, 2.45) is 0 Å². The molecule has 1 amide bonds. The van der Waals surface area contributed by atoms with Crippen molar-refractivity contribution in [2.75, 3.05) is 0 Å². The van der Waals surface area contributed by atoms with Gasteiger partial charge in [-0.1, -0.05) is 112 Å². The van der Waals surface area contributed by atoms with Gasteiger partial charge >= 0.3 is 0 Å². The van der Waals surface area contributed by atoms with Crippen LogP contribution < -0.4 is 5.73 Å². The average molecular weight is 327 g/mol. The third-order valence-corrected chi connectivity index (χ3v) is 3.36. The number of nitrogens with one attached hydrogen (secondary N) is 1. The summed E-state index contributed by atoms with van der Waals surface area (Å²) < 4.78 is 0. The molecule has 0 aromatic rings. The molecule has 0 atom stereocenters. The van der Waals surface area contributed by atoms with E-state index in [-0.39, 0.29) is 0 Å². The summed E-state index contributed by atoms with van der Waals surface area (Å²) in [4.78, 5) is 10.3. The highest BCUT2D eigenvalue weighted by Crippen LogP contribution is 2.08. The Morgan fingerprint density at radius 3 is 1.67 bits per heavy atom. The van der Waals surface area contributed by atoms with Crippen LogP contribution in [0, 0.1) is 0 Å². The molecule has 2 heteroatoms. The van der Waals surface area contributed by atoms with Crippen molar-refractivity contribution in [3.05, 3.63) is 72.9 Å². The third-order valence-electron chi connectivity index (χ3n) is 3.36. The summed E-state index contributed by atoms with van der Waals surface area (Å²) in [6.07, 6.45) is 33.1. The maximum atomic E-state index is 10.3. The summed E-state index contributed by atoms with van der Waals surface area (Å²) in [6.45, 7) is 2.26. The topological polar surface area (TPSA) is 40.9 Å². The van der Waals surface area contributed by atoms with Gasteiger partial charge in [0.25, 0.3) is 5.91 Å². The van der Waals surface area contributed by atoms with Crippen molar-refractivity contribution in [3.63, 3.8) is 0 Å². The molecule has 0 aliphatic rings. The van der Waals surface area contributed by atoms with Gasteiger partial charge in [-0.3, -0.25) is 10.5 Å². The molecule has 0 aliphatic heterocycles. The Kier molecular flexibility index (Phi) is 17.3. The molecule has 0 spiro atoms. The van der Waals surface area contributed by atoms with E-state index in [0.29, 0.717) is 0 Å². The quantitative estimate of drug-likeness (QED) is 0.210. The van der Waals surface area contributed by atoms with Crippen LogP contribution in [0.15, 0.2) is 72.9 Å². The fraction of sp³-hybridized carbons (Fsp3) is 0.409. The summed E-state index contributed by atoms with van der Waals surface area (Å²) in [5.41, 5.74) is 6.68. The van der Waals surface area contributed by atoms with Crippen LogP contribution in [0.2, 0.25) is 0 Å². The van der Waals surface area contributed by atoms with Crippen molar-refractivity contribution in [3.8, 4) is 0 Å². The van der Waals surface area contributed by atoms with E-state index in [2.05, 4.69) is 19.1 Å². The Hall–Kier alpha value is -2.09. The van der Waals surface area contributed by atoms with E-state index in [9.17, 15) is 4.79 Å². The van der Waals surface area contributed by atoms with Crippen molar-refractivity contribution < 1.29 is 4.79 Å². The number of carbonyl (C=O) groups excluding carboxylic acids is 1. The largest absolute Gasteiger partial charge is 0.268 e. The second-order valence-electron chi connectivity index (χ2n) is 5.60. The van der Waals surface area contributed by atoms with Gasteiger partial charge in [-0.25, -0.2) is 0 Å². The first kappa shape index (κ1) is 21.9. The van der Waals surface area contributed by atoms with Gasteiger partial charge in [-0.05, 0) is 12.8 Å². The van der Waals surface area contributed by atoms with Crippen LogP contribution in [0.5, 0.6) is 0 Å². The smallest absolute Gasteiger partial charge is 0.262 e. The van der Waals surface area contributed by atoms with Crippen molar-refractivity contribution in [1.29, 1.82) is 0 Å². The van der Waals surface area contributed by atoms with Crippen molar-refractivity contribution in [1.82, 2.24) is 5.73 Å². The zero-order chi connectivity index (χ0) is 17.7. The van der Waals surface area contributed by atoms with Gasteiger partial charge in [0, 0.05) is 6.08 Å². The van der Waals surface area contributed by atoms with Gasteiger partial charge in [0.15, 0.2) is 0 Å². The minimum atomic E-state index is -0.686. The van der Waals surface area contributed by atoms with Gasteiger partial charge in [-0.15, -0.1) is 0 Å². The number of carbonyl (C=O) groups is 1. The Labute approximate surface area is 148 Å². The van der Waals surface area contributed by atoms with Crippen LogP contribution in [0.1, 0.15) is 58.3 Å². The van der Waals surface area contributed by atoms with Crippen molar-refractivity contribution >= 4 is 5.91 Å². The molecule has 1 N–H and O–H groups in total. The molecule has 0 aromatic heterocycles. The first-order chi connectivity index (χ1) is 11.8. The average Bonchev–Trinajstić information content (AvgIpc) is 2.56. The highest BCUT2D eigenvalue weighted by atomic mass is 16.1. The maximum absolute atomic E-state index is 10.3. The fourth-order valence-corrected chi connectivity index (χ4v) is 2.05. The second-order valence-corrected chi connectivity index (χ2v) is 5.60. The van der Waals surface area contributed by atoms with Crippen LogP contribution in [0.4, 0.5) is 0 Å². The van der Waals surface area contributed by atoms with E-state index in [4.69, 9.17) is 5.73 Å². The molecule has 0 heterocycles. The number of hydrogen-bond donors (Lipinski definition) is 0. The molecule has 0 saturated heterocycles. The van der Waals surface area contributed by atoms with Gasteiger partial charge in [0.05, 0.1) is 0 Å². The van der Waals surface area contributed by atoms with Gasteiger partial charge < -0.3 is 0 Å². The Morgan fingerprint density at radius 1 is 0.667 bits per heavy atom. The minimum Gasteiger partial charge on any atom is -0.268 e. The molecule has 2 nitrogen and oxygen atoms in total. The monoisotopic (exact) mass is 326 g/mol. The zero-order valence-electron chi connectivity index (χ0n) is 15.0. The molecule has 0 aliphatic carbocycles. The molecule has 0 bridgehead atoms. The maximum Gasteiger partial charge on any atom is 0.262 e. The first-order valence-corrected chi connectivity index (χ1v) is 9.02. The van der Waals surface area contributed by atoms with Gasteiger partial charge in [0.2, 0.25) is 0 Å². The molecule has 0 rings (SSSR count). The van der Waals surface area contributed by atoms with Gasteiger partial charge in [0.1, 0.15) is 0 Å². The van der Waals surface area contributed by atoms with Gasteiger partial charge in [-0.2, -0.15) is 0 Å². The first-order valence-electron chi connectivity index (χ1n) is 9.02. The molecule has 0 fully saturated rings. The number of hydrogen-bond acceptors (Lipinski definition) is 1. The highest BCUT2D eigenvalue weighted by molar-refractivity contribution is 5.85. The summed E-state index contributed by atoms with van der Waals surface area (Å²) in [6, 6.07) is 0. The molecule has 131 valence electrons. The standard InChI is InChI=1S/C22H32NO/c1-2-3-4-5-6-7-8-9-10-11-12-13-14-15-16-17-18-19-20-21-22(23)24/h10-21,23H,2-9H2,1H3. The molecule has 0 saturated carbocycles. The molecular formula is C22H32NO. The van der Waals surface area contributed by atoms with E-state index in [1.807, 2.05) is 42.5 Å². The molecule has 0 unspecified atom stereocenters.